The second kappa shape index (κ2) is 2.73. The van der Waals surface area contributed by atoms with E-state index in [1.807, 2.05) is 6.20 Å². The predicted molar refractivity (Wildman–Crippen MR) is 55.8 cm³/mol. The molecule has 2 aliphatic heterocycles. The molecular formula is C10H16N4. The predicted octanol–water partition coefficient (Wildman–Crippen LogP) is 0.0728. The van der Waals surface area contributed by atoms with E-state index in [0.29, 0.717) is 6.04 Å². The molecule has 4 nitrogen and oxygen atoms in total. The van der Waals surface area contributed by atoms with Gasteiger partial charge in [0.15, 0.2) is 0 Å². The van der Waals surface area contributed by atoms with Gasteiger partial charge in [0.25, 0.3) is 0 Å². The van der Waals surface area contributed by atoms with E-state index in [9.17, 15) is 0 Å². The lowest BCUT2D eigenvalue weighted by atomic mass is 9.72. The minimum absolute atomic E-state index is 0.0527. The van der Waals surface area contributed by atoms with Crippen molar-refractivity contribution in [1.29, 1.82) is 0 Å². The van der Waals surface area contributed by atoms with Crippen LogP contribution >= 0.6 is 0 Å². The molecule has 0 saturated heterocycles. The van der Waals surface area contributed by atoms with Crippen LogP contribution in [0.15, 0.2) is 16.9 Å². The fourth-order valence-electron chi connectivity index (χ4n) is 2.99. The molecule has 2 heterocycles. The summed E-state index contributed by atoms with van der Waals surface area (Å²) in [4.78, 5) is 4.49. The molecule has 2 unspecified atom stereocenters. The highest BCUT2D eigenvalue weighted by Crippen LogP contribution is 2.35. The van der Waals surface area contributed by atoms with Gasteiger partial charge < -0.3 is 11.1 Å². The fourth-order valence-corrected chi connectivity index (χ4v) is 2.99. The first-order chi connectivity index (χ1) is 6.83. The number of aliphatic imine (C=N–C) groups is 1. The maximum Gasteiger partial charge on any atom is 0.0897 e. The number of hydrogen-bond acceptors (Lipinski definition) is 4. The Morgan fingerprint density at radius 3 is 3.36 bits per heavy atom. The second-order valence-corrected chi connectivity index (χ2v) is 4.38. The Labute approximate surface area is 83.7 Å². The smallest absolute Gasteiger partial charge is 0.0897 e. The molecule has 76 valence electrons. The van der Waals surface area contributed by atoms with Crippen LogP contribution in [-0.4, -0.2) is 24.0 Å². The third-order valence-corrected chi connectivity index (χ3v) is 3.68. The van der Waals surface area contributed by atoms with Crippen LogP contribution in [0.3, 0.4) is 0 Å². The molecule has 3 aliphatic rings. The van der Waals surface area contributed by atoms with Gasteiger partial charge in [-0.15, -0.1) is 0 Å². The van der Waals surface area contributed by atoms with Crippen molar-refractivity contribution >= 4 is 5.71 Å². The maximum absolute atomic E-state index is 5.95. The van der Waals surface area contributed by atoms with Gasteiger partial charge >= 0.3 is 0 Å². The van der Waals surface area contributed by atoms with Crippen molar-refractivity contribution in [2.75, 3.05) is 6.67 Å². The van der Waals surface area contributed by atoms with Crippen LogP contribution < -0.4 is 16.4 Å². The molecule has 0 aromatic rings. The zero-order chi connectivity index (χ0) is 9.60. The van der Waals surface area contributed by atoms with E-state index < -0.39 is 0 Å². The lowest BCUT2D eigenvalue weighted by Crippen LogP contribution is -2.65. The quantitative estimate of drug-likeness (QED) is 0.509. The lowest BCUT2D eigenvalue weighted by molar-refractivity contribution is 0.258. The number of nitrogens with two attached hydrogens (primary N) is 1. The van der Waals surface area contributed by atoms with Crippen LogP contribution in [0, 0.1) is 0 Å². The van der Waals surface area contributed by atoms with Crippen LogP contribution in [0.1, 0.15) is 25.7 Å². The highest BCUT2D eigenvalue weighted by Gasteiger charge is 2.49. The first kappa shape index (κ1) is 8.29. The van der Waals surface area contributed by atoms with E-state index >= 15 is 0 Å². The van der Waals surface area contributed by atoms with Gasteiger partial charge in [-0.1, -0.05) is 12.8 Å². The maximum atomic E-state index is 5.95. The number of nitrogens with one attached hydrogen (secondary N) is 2. The van der Waals surface area contributed by atoms with Gasteiger partial charge in [0, 0.05) is 12.2 Å². The van der Waals surface area contributed by atoms with E-state index in [-0.39, 0.29) is 5.54 Å². The number of nitrogens with zero attached hydrogens (tertiary/aromatic N) is 1. The molecule has 0 amide bonds. The number of hydrogen-bond donors (Lipinski definition) is 3. The summed E-state index contributed by atoms with van der Waals surface area (Å²) in [5.74, 6) is 0. The van der Waals surface area contributed by atoms with Crippen LogP contribution in [0.2, 0.25) is 0 Å². The Balaban J connectivity index is 2.05. The topological polar surface area (TPSA) is 62.4 Å². The Morgan fingerprint density at radius 2 is 2.43 bits per heavy atom. The third-order valence-electron chi connectivity index (χ3n) is 3.68. The molecule has 1 saturated carbocycles. The van der Waals surface area contributed by atoms with Crippen molar-refractivity contribution in [1.82, 2.24) is 10.6 Å². The molecule has 0 radical (unpaired) electrons. The van der Waals surface area contributed by atoms with E-state index in [2.05, 4.69) is 15.6 Å². The van der Waals surface area contributed by atoms with Gasteiger partial charge in [0.2, 0.25) is 0 Å². The Kier molecular flexibility index (Phi) is 1.62. The largest absolute Gasteiger partial charge is 0.396 e. The molecule has 0 aromatic heterocycles. The normalized spacial score (nSPS) is 40.4. The van der Waals surface area contributed by atoms with Gasteiger partial charge in [-0.25, -0.2) is 0 Å². The van der Waals surface area contributed by atoms with Gasteiger partial charge in [-0.05, 0) is 12.8 Å². The van der Waals surface area contributed by atoms with E-state index in [4.69, 9.17) is 5.73 Å². The minimum Gasteiger partial charge on any atom is -0.396 e. The monoisotopic (exact) mass is 192 g/mol. The van der Waals surface area contributed by atoms with Gasteiger partial charge in [0.1, 0.15) is 0 Å². The highest BCUT2D eigenvalue weighted by atomic mass is 15.2. The Bertz CT molecular complexity index is 320. The molecule has 2 atom stereocenters. The Hall–Kier alpha value is -1.03. The summed E-state index contributed by atoms with van der Waals surface area (Å²) in [5.41, 5.74) is 7.91. The average Bonchev–Trinajstić information content (AvgIpc) is 2.62. The average molecular weight is 192 g/mol. The minimum atomic E-state index is 0.0527. The second-order valence-electron chi connectivity index (χ2n) is 4.38. The third kappa shape index (κ3) is 0.892. The summed E-state index contributed by atoms with van der Waals surface area (Å²) >= 11 is 0. The van der Waals surface area contributed by atoms with E-state index in [1.54, 1.807) is 0 Å². The molecule has 14 heavy (non-hydrogen) atoms. The van der Waals surface area contributed by atoms with Crippen LogP contribution in [0.4, 0.5) is 0 Å². The van der Waals surface area contributed by atoms with Gasteiger partial charge in [-0.3, -0.25) is 10.3 Å². The molecule has 1 spiro atoms. The molecule has 1 fully saturated rings. The molecule has 0 aromatic carbocycles. The van der Waals surface area contributed by atoms with Crippen molar-refractivity contribution in [2.24, 2.45) is 10.7 Å². The molecule has 3 rings (SSSR count). The van der Waals surface area contributed by atoms with Crippen molar-refractivity contribution in [2.45, 2.75) is 37.3 Å². The molecule has 4 N–H and O–H groups in total. The Morgan fingerprint density at radius 1 is 1.50 bits per heavy atom. The summed E-state index contributed by atoms with van der Waals surface area (Å²) in [7, 11) is 0. The van der Waals surface area contributed by atoms with Gasteiger partial charge in [-0.2, -0.15) is 0 Å². The summed E-state index contributed by atoms with van der Waals surface area (Å²) in [6.07, 6.45) is 6.88. The molecular weight excluding hydrogens is 176 g/mol. The zero-order valence-electron chi connectivity index (χ0n) is 8.21. The standard InChI is InChI=1S/C10H16N4/c11-7-5-12-8-3-1-2-4-10(8)9(7)13-6-14-10/h5,8,12,14H,1-4,6,11H2. The summed E-state index contributed by atoms with van der Waals surface area (Å²) in [6, 6.07) is 0.491. The summed E-state index contributed by atoms with van der Waals surface area (Å²) in [6.45, 7) is 0.724. The van der Waals surface area contributed by atoms with Crippen LogP contribution in [0.5, 0.6) is 0 Å². The van der Waals surface area contributed by atoms with Crippen molar-refractivity contribution in [3.63, 3.8) is 0 Å². The van der Waals surface area contributed by atoms with Crippen LogP contribution in [-0.2, 0) is 0 Å². The van der Waals surface area contributed by atoms with Crippen LogP contribution in [0.25, 0.3) is 0 Å². The summed E-state index contributed by atoms with van der Waals surface area (Å²) < 4.78 is 0. The van der Waals surface area contributed by atoms with Crippen molar-refractivity contribution < 1.29 is 0 Å². The van der Waals surface area contributed by atoms with Crippen molar-refractivity contribution in [3.8, 4) is 0 Å². The molecule has 1 aliphatic carbocycles. The summed E-state index contributed by atoms with van der Waals surface area (Å²) in [5, 5.41) is 6.92. The number of rotatable bonds is 0. The van der Waals surface area contributed by atoms with Gasteiger partial charge in [0.05, 0.1) is 23.6 Å². The fraction of sp³-hybridized carbons (Fsp3) is 0.700. The molecule has 0 bridgehead atoms. The lowest BCUT2D eigenvalue weighted by Gasteiger charge is -2.45. The SMILES string of the molecule is NC1=CNC2CCCCC23NCN=C13. The van der Waals surface area contributed by atoms with Crippen molar-refractivity contribution in [3.05, 3.63) is 11.9 Å². The van der Waals surface area contributed by atoms with E-state index in [1.165, 1.54) is 19.3 Å². The zero-order valence-corrected chi connectivity index (χ0v) is 8.21. The first-order valence-corrected chi connectivity index (χ1v) is 5.35. The molecule has 4 heteroatoms. The first-order valence-electron chi connectivity index (χ1n) is 5.35. The van der Waals surface area contributed by atoms with E-state index in [0.717, 1.165) is 24.5 Å². The highest BCUT2D eigenvalue weighted by molar-refractivity contribution is 6.08.